The van der Waals surface area contributed by atoms with Gasteiger partial charge in [-0.1, -0.05) is 18.2 Å². The quantitative estimate of drug-likeness (QED) is 0.416. The molecule has 3 heterocycles. The first-order valence-electron chi connectivity index (χ1n) is 8.92. The number of methoxy groups -OCH3 is 1. The van der Waals surface area contributed by atoms with Crippen molar-refractivity contribution in [1.82, 2.24) is 9.97 Å². The van der Waals surface area contributed by atoms with Crippen LogP contribution in [-0.2, 0) is 4.79 Å². The van der Waals surface area contributed by atoms with Crippen LogP contribution in [0.25, 0.3) is 10.2 Å². The number of para-hydroxylation sites is 1. The first kappa shape index (κ1) is 19.7. The van der Waals surface area contributed by atoms with Crippen molar-refractivity contribution in [2.75, 3.05) is 17.8 Å². The summed E-state index contributed by atoms with van der Waals surface area (Å²) in [5.41, 5.74) is 1.81. The highest BCUT2D eigenvalue weighted by Gasteiger charge is 2.36. The summed E-state index contributed by atoms with van der Waals surface area (Å²) < 4.78 is 7.18. The van der Waals surface area contributed by atoms with Crippen LogP contribution in [0.4, 0.5) is 5.13 Å². The zero-order chi connectivity index (χ0) is 20.7. The highest BCUT2D eigenvalue weighted by atomic mass is 32.2. The average Bonchev–Trinajstić information content (AvgIpc) is 3.45. The average molecular weight is 474 g/mol. The molecular formula is C20H15N3O3S4. The van der Waals surface area contributed by atoms with Crippen LogP contribution in [0.5, 0.6) is 11.5 Å². The molecule has 2 aromatic carbocycles. The van der Waals surface area contributed by atoms with Crippen molar-refractivity contribution in [3.63, 3.8) is 0 Å². The molecule has 0 aliphatic carbocycles. The molecule has 4 aromatic rings. The summed E-state index contributed by atoms with van der Waals surface area (Å²) in [5, 5.41) is 13.3. The van der Waals surface area contributed by atoms with Gasteiger partial charge in [-0.25, -0.2) is 9.97 Å². The molecule has 2 aromatic heterocycles. The van der Waals surface area contributed by atoms with Crippen molar-refractivity contribution < 1.29 is 14.6 Å². The van der Waals surface area contributed by atoms with Crippen molar-refractivity contribution in [1.29, 1.82) is 0 Å². The van der Waals surface area contributed by atoms with E-state index in [9.17, 15) is 9.90 Å². The molecule has 1 aliphatic rings. The Morgan fingerprint density at radius 3 is 2.90 bits per heavy atom. The Bertz CT molecular complexity index is 1210. The molecule has 0 bridgehead atoms. The third-order valence-electron chi connectivity index (χ3n) is 4.50. The van der Waals surface area contributed by atoms with Crippen LogP contribution in [0.1, 0.15) is 10.9 Å². The molecule has 1 amide bonds. The van der Waals surface area contributed by atoms with E-state index in [1.807, 2.05) is 29.6 Å². The zero-order valence-corrected chi connectivity index (χ0v) is 18.9. The van der Waals surface area contributed by atoms with E-state index in [1.165, 1.54) is 42.0 Å². The van der Waals surface area contributed by atoms with Crippen molar-refractivity contribution in [3.8, 4) is 11.5 Å². The maximum Gasteiger partial charge on any atom is 0.240 e. The van der Waals surface area contributed by atoms with Crippen LogP contribution in [0.15, 0.2) is 57.2 Å². The molecule has 0 radical (unpaired) electrons. The third kappa shape index (κ3) is 3.64. The van der Waals surface area contributed by atoms with Gasteiger partial charge in [0.1, 0.15) is 10.4 Å². The van der Waals surface area contributed by atoms with Crippen LogP contribution in [0.2, 0.25) is 0 Å². The molecule has 1 atom stereocenters. The van der Waals surface area contributed by atoms with Crippen LogP contribution in [0, 0.1) is 0 Å². The molecule has 10 heteroatoms. The number of hydrogen-bond acceptors (Lipinski definition) is 9. The molecule has 1 N–H and O–H groups in total. The third-order valence-corrected chi connectivity index (χ3v) is 8.72. The second-order valence-corrected chi connectivity index (χ2v) is 10.6. The van der Waals surface area contributed by atoms with Crippen LogP contribution < -0.4 is 9.64 Å². The van der Waals surface area contributed by atoms with E-state index in [0.717, 1.165) is 25.1 Å². The van der Waals surface area contributed by atoms with Crippen LogP contribution in [0.3, 0.4) is 0 Å². The number of fused-ring (bicyclic) bond motifs is 1. The Kier molecular flexibility index (Phi) is 5.32. The Morgan fingerprint density at radius 2 is 2.10 bits per heavy atom. The number of thioether (sulfide) groups is 1. The predicted octanol–water partition coefficient (Wildman–Crippen LogP) is 5.40. The topological polar surface area (TPSA) is 75.5 Å². The number of carbonyl (C=O) groups is 1. The first-order chi connectivity index (χ1) is 14.6. The van der Waals surface area contributed by atoms with E-state index >= 15 is 0 Å². The number of anilines is 1. The SMILES string of the molecule is COc1ccc(C2SCC(=O)N2c2nc(Sc3nc4ccccc4s3)cs2)cc1O. The molecule has 0 spiro atoms. The van der Waals surface area contributed by atoms with E-state index < -0.39 is 0 Å². The lowest BCUT2D eigenvalue weighted by Crippen LogP contribution is -2.27. The fourth-order valence-corrected chi connectivity index (χ4v) is 7.31. The number of aromatic hydroxyl groups is 1. The van der Waals surface area contributed by atoms with Crippen LogP contribution in [-0.4, -0.2) is 33.8 Å². The lowest BCUT2D eigenvalue weighted by molar-refractivity contribution is -0.115. The minimum Gasteiger partial charge on any atom is -0.504 e. The molecule has 0 saturated carbocycles. The zero-order valence-electron chi connectivity index (χ0n) is 15.6. The van der Waals surface area contributed by atoms with Gasteiger partial charge < -0.3 is 9.84 Å². The van der Waals surface area contributed by atoms with Gasteiger partial charge in [0.2, 0.25) is 5.91 Å². The molecular weight excluding hydrogens is 459 g/mol. The van der Waals surface area contributed by atoms with E-state index in [0.29, 0.717) is 16.6 Å². The number of phenols is 1. The molecule has 1 aliphatic heterocycles. The minimum absolute atomic E-state index is 0.00574. The van der Waals surface area contributed by atoms with E-state index in [2.05, 4.69) is 11.1 Å². The summed E-state index contributed by atoms with van der Waals surface area (Å²) in [4.78, 5) is 23.7. The fourth-order valence-electron chi connectivity index (χ4n) is 3.13. The van der Waals surface area contributed by atoms with Crippen molar-refractivity contribution in [2.45, 2.75) is 14.7 Å². The number of carbonyl (C=O) groups excluding carboxylic acids is 1. The molecule has 1 fully saturated rings. The van der Waals surface area contributed by atoms with Crippen molar-refractivity contribution >= 4 is 67.5 Å². The largest absolute Gasteiger partial charge is 0.504 e. The number of hydrogen-bond donors (Lipinski definition) is 1. The monoisotopic (exact) mass is 473 g/mol. The number of thiazole rings is 2. The van der Waals surface area contributed by atoms with Gasteiger partial charge in [0.05, 0.1) is 23.1 Å². The fraction of sp³-hybridized carbons (Fsp3) is 0.150. The van der Waals surface area contributed by atoms with Gasteiger partial charge in [0, 0.05) is 5.38 Å². The maximum absolute atomic E-state index is 12.6. The van der Waals surface area contributed by atoms with Gasteiger partial charge >= 0.3 is 0 Å². The highest BCUT2D eigenvalue weighted by molar-refractivity contribution is 8.01. The lowest BCUT2D eigenvalue weighted by Gasteiger charge is -2.22. The highest BCUT2D eigenvalue weighted by Crippen LogP contribution is 2.45. The molecule has 5 rings (SSSR count). The number of benzene rings is 2. The Labute approximate surface area is 188 Å². The number of nitrogens with zero attached hydrogens (tertiary/aromatic N) is 3. The summed E-state index contributed by atoms with van der Waals surface area (Å²) in [7, 11) is 1.51. The van der Waals surface area contributed by atoms with Gasteiger partial charge in [-0.2, -0.15) is 0 Å². The van der Waals surface area contributed by atoms with Gasteiger partial charge in [0.15, 0.2) is 21.0 Å². The van der Waals surface area contributed by atoms with Crippen LogP contribution >= 0.6 is 46.2 Å². The number of amides is 1. The van der Waals surface area contributed by atoms with Gasteiger partial charge in [-0.15, -0.1) is 34.4 Å². The standard InChI is InChI=1S/C20H15N3O3S4/c1-26-14-7-6-11(8-13(14)24)18-23(17(25)10-27-18)19-22-16(9-28-19)30-20-21-12-4-2-3-5-15(12)29-20/h2-9,18,24H,10H2,1H3. The van der Waals surface area contributed by atoms with E-state index in [1.54, 1.807) is 28.4 Å². The normalized spacial score (nSPS) is 16.5. The summed E-state index contributed by atoms with van der Waals surface area (Å²) in [5.74, 6) is 0.841. The van der Waals surface area contributed by atoms with Gasteiger partial charge in [-0.05, 0) is 41.6 Å². The van der Waals surface area contributed by atoms with E-state index in [-0.39, 0.29) is 17.0 Å². The first-order valence-corrected chi connectivity index (χ1v) is 12.5. The number of aromatic nitrogens is 2. The maximum atomic E-state index is 12.6. The summed E-state index contributed by atoms with van der Waals surface area (Å²) >= 11 is 6.09. The van der Waals surface area contributed by atoms with Gasteiger partial charge in [-0.3, -0.25) is 9.69 Å². The Morgan fingerprint density at radius 1 is 1.23 bits per heavy atom. The number of ether oxygens (including phenoxy) is 1. The van der Waals surface area contributed by atoms with Crippen molar-refractivity contribution in [2.24, 2.45) is 0 Å². The lowest BCUT2D eigenvalue weighted by atomic mass is 10.2. The predicted molar refractivity (Wildman–Crippen MR) is 123 cm³/mol. The minimum atomic E-state index is -0.235. The molecule has 1 saturated heterocycles. The summed E-state index contributed by atoms with van der Waals surface area (Å²) in [6.07, 6.45) is 0. The number of rotatable bonds is 5. The summed E-state index contributed by atoms with van der Waals surface area (Å²) in [6, 6.07) is 13.3. The smallest absolute Gasteiger partial charge is 0.240 e. The Hall–Kier alpha value is -2.27. The molecule has 1 unspecified atom stereocenters. The Balaban J connectivity index is 1.40. The summed E-state index contributed by atoms with van der Waals surface area (Å²) in [6.45, 7) is 0. The van der Waals surface area contributed by atoms with E-state index in [4.69, 9.17) is 9.72 Å². The molecule has 6 nitrogen and oxygen atoms in total. The van der Waals surface area contributed by atoms with Crippen molar-refractivity contribution in [3.05, 3.63) is 53.4 Å². The second-order valence-electron chi connectivity index (χ2n) is 6.38. The second kappa shape index (κ2) is 8.10. The molecule has 152 valence electrons. The number of phenolic OH excluding ortho intramolecular Hbond substituents is 1. The molecule has 30 heavy (non-hydrogen) atoms. The van der Waals surface area contributed by atoms with Gasteiger partial charge in [0.25, 0.3) is 0 Å².